The molecule has 2 aromatic heterocycles. The van der Waals surface area contributed by atoms with Crippen molar-refractivity contribution < 1.29 is 9.53 Å². The molecule has 6 nitrogen and oxygen atoms in total. The van der Waals surface area contributed by atoms with Crippen molar-refractivity contribution in [2.45, 2.75) is 6.92 Å². The van der Waals surface area contributed by atoms with Crippen LogP contribution in [-0.4, -0.2) is 27.8 Å². The molecule has 94 valence electrons. The molecule has 0 aliphatic carbocycles. The van der Waals surface area contributed by atoms with Crippen LogP contribution < -0.4 is 5.56 Å². The average molecular weight is 247 g/mol. The zero-order chi connectivity index (χ0) is 13.4. The molecule has 0 spiro atoms. The van der Waals surface area contributed by atoms with Crippen molar-refractivity contribution in [2.24, 2.45) is 0 Å². The number of aromatic nitrogens is 3. The van der Waals surface area contributed by atoms with Crippen LogP contribution in [0.3, 0.4) is 0 Å². The lowest BCUT2D eigenvalue weighted by atomic mass is 10.3. The summed E-state index contributed by atoms with van der Waals surface area (Å²) in [6.07, 6.45) is 3.16. The third-order valence-electron chi connectivity index (χ3n) is 1.78. The SMILES string of the molecule is C=CCOC(C)=O.O=c1cc2ncccc2n[nH]1. The number of nitrogens with one attached hydrogen (secondary N) is 1. The number of hydrogen-bond acceptors (Lipinski definition) is 5. The lowest BCUT2D eigenvalue weighted by molar-refractivity contribution is -0.139. The number of H-pyrrole nitrogens is 1. The van der Waals surface area contributed by atoms with Gasteiger partial charge in [-0.25, -0.2) is 5.10 Å². The molecule has 0 amide bonds. The molecule has 6 heteroatoms. The molecule has 2 rings (SSSR count). The second-order valence-electron chi connectivity index (χ2n) is 3.23. The molecule has 2 aromatic rings. The summed E-state index contributed by atoms with van der Waals surface area (Å²) >= 11 is 0. The summed E-state index contributed by atoms with van der Waals surface area (Å²) in [6.45, 7) is 5.03. The van der Waals surface area contributed by atoms with Gasteiger partial charge >= 0.3 is 5.97 Å². The van der Waals surface area contributed by atoms with E-state index in [0.717, 1.165) is 0 Å². The first kappa shape index (κ1) is 13.6. The van der Waals surface area contributed by atoms with Crippen molar-refractivity contribution in [3.05, 3.63) is 47.4 Å². The van der Waals surface area contributed by atoms with Crippen LogP contribution in [0.4, 0.5) is 0 Å². The van der Waals surface area contributed by atoms with Crippen LogP contribution in [-0.2, 0) is 9.53 Å². The Morgan fingerprint density at radius 3 is 2.94 bits per heavy atom. The maximum atomic E-state index is 10.7. The smallest absolute Gasteiger partial charge is 0.302 e. The third kappa shape index (κ3) is 4.56. The van der Waals surface area contributed by atoms with E-state index in [2.05, 4.69) is 26.5 Å². The zero-order valence-corrected chi connectivity index (χ0v) is 9.92. The van der Waals surface area contributed by atoms with Crippen LogP contribution in [0.1, 0.15) is 6.92 Å². The quantitative estimate of drug-likeness (QED) is 0.633. The fraction of sp³-hybridized carbons (Fsp3) is 0.167. The van der Waals surface area contributed by atoms with Gasteiger partial charge in [0.2, 0.25) is 0 Å². The van der Waals surface area contributed by atoms with Gasteiger partial charge in [-0.3, -0.25) is 14.6 Å². The molecule has 0 bridgehead atoms. The molecule has 0 fully saturated rings. The Kier molecular flexibility index (Phi) is 5.24. The van der Waals surface area contributed by atoms with Gasteiger partial charge in [0, 0.05) is 19.2 Å². The number of pyridine rings is 1. The summed E-state index contributed by atoms with van der Waals surface area (Å²) in [6, 6.07) is 4.98. The molecule has 1 N–H and O–H groups in total. The topological polar surface area (TPSA) is 84.9 Å². The molecule has 0 atom stereocenters. The number of rotatable bonds is 2. The Bertz CT molecular complexity index is 592. The van der Waals surface area contributed by atoms with Crippen molar-refractivity contribution in [2.75, 3.05) is 6.61 Å². The van der Waals surface area contributed by atoms with E-state index in [9.17, 15) is 9.59 Å². The van der Waals surface area contributed by atoms with Crippen LogP contribution in [0.15, 0.2) is 41.8 Å². The second-order valence-corrected chi connectivity index (χ2v) is 3.23. The van der Waals surface area contributed by atoms with E-state index in [1.807, 2.05) is 0 Å². The Morgan fingerprint density at radius 1 is 1.56 bits per heavy atom. The number of ether oxygens (including phenoxy) is 1. The average Bonchev–Trinajstić information content (AvgIpc) is 2.37. The summed E-state index contributed by atoms with van der Waals surface area (Å²) < 4.78 is 4.43. The van der Waals surface area contributed by atoms with Crippen LogP contribution in [0.5, 0.6) is 0 Å². The molecule has 0 aliphatic heterocycles. The first-order valence-electron chi connectivity index (χ1n) is 5.18. The number of carbonyl (C=O) groups is 1. The Morgan fingerprint density at radius 2 is 2.33 bits per heavy atom. The number of carbonyl (C=O) groups excluding carboxylic acids is 1. The highest BCUT2D eigenvalue weighted by Gasteiger charge is 1.92. The van der Waals surface area contributed by atoms with Crippen LogP contribution >= 0.6 is 0 Å². The van der Waals surface area contributed by atoms with E-state index < -0.39 is 0 Å². The predicted molar refractivity (Wildman–Crippen MR) is 67.0 cm³/mol. The third-order valence-corrected chi connectivity index (χ3v) is 1.78. The number of esters is 1. The predicted octanol–water partition coefficient (Wildman–Crippen LogP) is 1.05. The molecule has 0 radical (unpaired) electrons. The van der Waals surface area contributed by atoms with Crippen LogP contribution in [0.25, 0.3) is 11.0 Å². The van der Waals surface area contributed by atoms with E-state index in [1.165, 1.54) is 19.1 Å². The van der Waals surface area contributed by atoms with Crippen molar-refractivity contribution in [3.63, 3.8) is 0 Å². The molecular formula is C12H13N3O3. The van der Waals surface area contributed by atoms with Crippen molar-refractivity contribution >= 4 is 17.0 Å². The fourth-order valence-corrected chi connectivity index (χ4v) is 1.06. The molecule has 0 saturated carbocycles. The minimum absolute atomic E-state index is 0.226. The van der Waals surface area contributed by atoms with Crippen molar-refractivity contribution in [1.82, 2.24) is 15.2 Å². The van der Waals surface area contributed by atoms with E-state index in [4.69, 9.17) is 0 Å². The van der Waals surface area contributed by atoms with Crippen molar-refractivity contribution in [1.29, 1.82) is 0 Å². The standard InChI is InChI=1S/C7H5N3O.C5H8O2/c11-7-4-6-5(9-10-7)2-1-3-8-6;1-3-4-7-5(2)6/h1-4H,(H,10,11);3H,1,4H2,2H3. The van der Waals surface area contributed by atoms with E-state index in [0.29, 0.717) is 17.6 Å². The van der Waals surface area contributed by atoms with Gasteiger partial charge in [-0.05, 0) is 12.1 Å². The first-order chi connectivity index (χ1) is 8.63. The maximum absolute atomic E-state index is 10.7. The molecular weight excluding hydrogens is 234 g/mol. The molecule has 0 aliphatic rings. The Hall–Kier alpha value is -2.50. The largest absolute Gasteiger partial charge is 0.462 e. The zero-order valence-electron chi connectivity index (χ0n) is 9.92. The van der Waals surface area contributed by atoms with Gasteiger partial charge < -0.3 is 4.74 Å². The summed E-state index contributed by atoms with van der Waals surface area (Å²) in [5.41, 5.74) is 1.10. The van der Waals surface area contributed by atoms with Gasteiger partial charge in [0.1, 0.15) is 12.1 Å². The lowest BCUT2D eigenvalue weighted by Gasteiger charge is -1.90. The molecule has 0 unspecified atom stereocenters. The van der Waals surface area contributed by atoms with Gasteiger partial charge in [0.25, 0.3) is 5.56 Å². The minimum atomic E-state index is -0.264. The van der Waals surface area contributed by atoms with Crippen LogP contribution in [0.2, 0.25) is 0 Å². The molecule has 2 heterocycles. The summed E-state index contributed by atoms with van der Waals surface area (Å²) in [4.78, 5) is 24.6. The second kappa shape index (κ2) is 6.95. The van der Waals surface area contributed by atoms with E-state index >= 15 is 0 Å². The highest BCUT2D eigenvalue weighted by molar-refractivity contribution is 5.72. The number of nitrogens with zero attached hydrogens (tertiary/aromatic N) is 2. The Balaban J connectivity index is 0.000000203. The molecule has 0 saturated heterocycles. The number of hydrogen-bond donors (Lipinski definition) is 1. The highest BCUT2D eigenvalue weighted by atomic mass is 16.5. The molecule has 18 heavy (non-hydrogen) atoms. The number of aromatic amines is 1. The van der Waals surface area contributed by atoms with E-state index in [-0.39, 0.29) is 11.5 Å². The minimum Gasteiger partial charge on any atom is -0.462 e. The van der Waals surface area contributed by atoms with Gasteiger partial charge in [-0.15, -0.1) is 0 Å². The lowest BCUT2D eigenvalue weighted by Crippen LogP contribution is -2.05. The first-order valence-corrected chi connectivity index (χ1v) is 5.18. The maximum Gasteiger partial charge on any atom is 0.302 e. The van der Waals surface area contributed by atoms with Gasteiger partial charge in [-0.2, -0.15) is 5.10 Å². The summed E-state index contributed by atoms with van der Waals surface area (Å²) in [7, 11) is 0. The normalized spacial score (nSPS) is 9.17. The fourth-order valence-electron chi connectivity index (χ4n) is 1.06. The highest BCUT2D eigenvalue weighted by Crippen LogP contribution is 2.00. The number of fused-ring (bicyclic) bond motifs is 1. The van der Waals surface area contributed by atoms with Crippen LogP contribution in [0, 0.1) is 0 Å². The van der Waals surface area contributed by atoms with Gasteiger partial charge in [0.05, 0.1) is 5.52 Å². The Labute approximate surface area is 103 Å². The molecule has 0 aromatic carbocycles. The van der Waals surface area contributed by atoms with Crippen molar-refractivity contribution in [3.8, 4) is 0 Å². The van der Waals surface area contributed by atoms with E-state index in [1.54, 1.807) is 18.3 Å². The summed E-state index contributed by atoms with van der Waals surface area (Å²) in [5.74, 6) is -0.264. The van der Waals surface area contributed by atoms with Gasteiger partial charge in [0.15, 0.2) is 0 Å². The van der Waals surface area contributed by atoms with Gasteiger partial charge in [-0.1, -0.05) is 12.7 Å². The monoisotopic (exact) mass is 247 g/mol. The summed E-state index contributed by atoms with van der Waals surface area (Å²) in [5, 5.41) is 6.11.